The number of hydrogen-bond acceptors (Lipinski definition) is 2. The van der Waals surface area contributed by atoms with Crippen molar-refractivity contribution in [1.29, 1.82) is 0 Å². The van der Waals surface area contributed by atoms with Gasteiger partial charge in [0, 0.05) is 10.6 Å². The quantitative estimate of drug-likeness (QED) is 0.808. The molecular weight excluding hydrogens is 371 g/mol. The van der Waals surface area contributed by atoms with Gasteiger partial charge in [-0.2, -0.15) is 0 Å². The minimum atomic E-state index is -0.366. The summed E-state index contributed by atoms with van der Waals surface area (Å²) in [4.78, 5) is 23.9. The van der Waals surface area contributed by atoms with Gasteiger partial charge in [0.15, 0.2) is 0 Å². The molecule has 0 saturated carbocycles. The maximum absolute atomic E-state index is 12.0. The Labute approximate surface area is 155 Å². The summed E-state index contributed by atoms with van der Waals surface area (Å²) in [6.45, 7) is 1.67. The van der Waals surface area contributed by atoms with Crippen LogP contribution in [0.15, 0.2) is 42.5 Å². The maximum atomic E-state index is 12.0. The number of carbonyl (C=O) groups is 2. The van der Waals surface area contributed by atoms with Gasteiger partial charge in [-0.1, -0.05) is 46.9 Å². The highest BCUT2D eigenvalue weighted by atomic mass is 35.5. The summed E-state index contributed by atoms with van der Waals surface area (Å²) >= 11 is 17.7. The molecule has 0 spiro atoms. The van der Waals surface area contributed by atoms with Crippen LogP contribution < -0.4 is 10.6 Å². The normalized spacial score (nSPS) is 11.7. The number of carbonyl (C=O) groups excluding carboxylic acids is 2. The Morgan fingerprint density at radius 2 is 1.79 bits per heavy atom. The second-order valence-electron chi connectivity index (χ2n) is 5.16. The van der Waals surface area contributed by atoms with Crippen LogP contribution in [0.1, 0.15) is 28.9 Å². The molecule has 0 radical (unpaired) electrons. The second-order valence-corrected chi connectivity index (χ2v) is 6.41. The summed E-state index contributed by atoms with van der Waals surface area (Å²) in [5.74, 6) is -0.682. The summed E-state index contributed by atoms with van der Waals surface area (Å²) in [7, 11) is 0. The van der Waals surface area contributed by atoms with Crippen molar-refractivity contribution in [3.63, 3.8) is 0 Å². The fourth-order valence-corrected chi connectivity index (χ4v) is 2.55. The molecule has 0 bridgehead atoms. The lowest BCUT2D eigenvalue weighted by atomic mass is 10.1. The van der Waals surface area contributed by atoms with Gasteiger partial charge in [0.05, 0.1) is 22.6 Å². The van der Waals surface area contributed by atoms with Gasteiger partial charge in [0.25, 0.3) is 5.91 Å². The van der Waals surface area contributed by atoms with E-state index in [2.05, 4.69) is 10.6 Å². The molecule has 4 nitrogen and oxygen atoms in total. The summed E-state index contributed by atoms with van der Waals surface area (Å²) in [6.07, 6.45) is 0. The van der Waals surface area contributed by atoms with Crippen LogP contribution in [0.3, 0.4) is 0 Å². The number of rotatable bonds is 5. The number of nitrogens with one attached hydrogen (secondary N) is 2. The Kier molecular flexibility index (Phi) is 6.49. The smallest absolute Gasteiger partial charge is 0.251 e. The van der Waals surface area contributed by atoms with E-state index in [1.165, 1.54) is 6.07 Å². The second kappa shape index (κ2) is 8.38. The Balaban J connectivity index is 1.88. The van der Waals surface area contributed by atoms with Crippen molar-refractivity contribution in [3.05, 3.63) is 68.7 Å². The zero-order valence-electron chi connectivity index (χ0n) is 12.8. The van der Waals surface area contributed by atoms with Crippen LogP contribution in [0.5, 0.6) is 0 Å². The molecule has 2 aromatic carbocycles. The van der Waals surface area contributed by atoms with Gasteiger partial charge >= 0.3 is 0 Å². The van der Waals surface area contributed by atoms with Crippen LogP contribution in [-0.2, 0) is 4.79 Å². The Morgan fingerprint density at radius 3 is 2.46 bits per heavy atom. The van der Waals surface area contributed by atoms with Crippen LogP contribution in [-0.4, -0.2) is 18.4 Å². The lowest BCUT2D eigenvalue weighted by Gasteiger charge is -2.15. The van der Waals surface area contributed by atoms with E-state index in [1.807, 2.05) is 6.92 Å². The van der Waals surface area contributed by atoms with E-state index in [9.17, 15) is 9.59 Å². The Morgan fingerprint density at radius 1 is 1.04 bits per heavy atom. The minimum Gasteiger partial charge on any atom is -0.348 e. The molecule has 2 aromatic rings. The molecule has 0 fully saturated rings. The first-order chi connectivity index (χ1) is 11.4. The van der Waals surface area contributed by atoms with Gasteiger partial charge in [0.2, 0.25) is 5.91 Å². The van der Waals surface area contributed by atoms with Crippen molar-refractivity contribution >= 4 is 46.6 Å². The average Bonchev–Trinajstić information content (AvgIpc) is 2.55. The standard InChI is InChI=1S/C17H15Cl3N2O2/c1-10(11-5-6-14(19)15(20)8-11)22-16(23)9-21-17(24)12-3-2-4-13(18)7-12/h2-8,10H,9H2,1H3,(H,21,24)(H,22,23). The van der Waals surface area contributed by atoms with E-state index >= 15 is 0 Å². The van der Waals surface area contributed by atoms with Crippen LogP contribution in [0, 0.1) is 0 Å². The fourth-order valence-electron chi connectivity index (χ4n) is 2.05. The molecular formula is C17H15Cl3N2O2. The summed E-state index contributed by atoms with van der Waals surface area (Å²) in [6, 6.07) is 11.4. The van der Waals surface area contributed by atoms with E-state index < -0.39 is 0 Å². The highest BCUT2D eigenvalue weighted by molar-refractivity contribution is 6.42. The SMILES string of the molecule is CC(NC(=O)CNC(=O)c1cccc(Cl)c1)c1ccc(Cl)c(Cl)c1. The van der Waals surface area contributed by atoms with Crippen molar-refractivity contribution < 1.29 is 9.59 Å². The molecule has 7 heteroatoms. The van der Waals surface area contributed by atoms with Crippen molar-refractivity contribution in [2.45, 2.75) is 13.0 Å². The lowest BCUT2D eigenvalue weighted by Crippen LogP contribution is -2.38. The van der Waals surface area contributed by atoms with Gasteiger partial charge < -0.3 is 10.6 Å². The van der Waals surface area contributed by atoms with E-state index in [0.29, 0.717) is 20.6 Å². The van der Waals surface area contributed by atoms with Crippen LogP contribution in [0.2, 0.25) is 15.1 Å². The molecule has 0 aromatic heterocycles. The van der Waals surface area contributed by atoms with Crippen molar-refractivity contribution in [2.24, 2.45) is 0 Å². The summed E-state index contributed by atoms with van der Waals surface area (Å²) in [5, 5.41) is 6.66. The molecule has 1 unspecified atom stereocenters. The maximum Gasteiger partial charge on any atom is 0.251 e. The Hall–Kier alpha value is -1.75. The van der Waals surface area contributed by atoms with Gasteiger partial charge in [0.1, 0.15) is 0 Å². The minimum absolute atomic E-state index is 0.142. The summed E-state index contributed by atoms with van der Waals surface area (Å²) in [5.41, 5.74) is 1.21. The lowest BCUT2D eigenvalue weighted by molar-refractivity contribution is -0.120. The molecule has 0 aliphatic rings. The van der Waals surface area contributed by atoms with Crippen molar-refractivity contribution in [1.82, 2.24) is 10.6 Å². The molecule has 1 atom stereocenters. The predicted octanol–water partition coefficient (Wildman–Crippen LogP) is 4.25. The Bertz CT molecular complexity index is 765. The number of halogens is 3. The first-order valence-corrected chi connectivity index (χ1v) is 8.28. The molecule has 2 N–H and O–H groups in total. The van der Waals surface area contributed by atoms with Crippen LogP contribution >= 0.6 is 34.8 Å². The molecule has 0 heterocycles. The first kappa shape index (κ1) is 18.6. The van der Waals surface area contributed by atoms with E-state index in [0.717, 1.165) is 5.56 Å². The van der Waals surface area contributed by atoms with Gasteiger partial charge in [-0.25, -0.2) is 0 Å². The monoisotopic (exact) mass is 384 g/mol. The van der Waals surface area contributed by atoms with Crippen molar-refractivity contribution in [2.75, 3.05) is 6.54 Å². The highest BCUT2D eigenvalue weighted by Gasteiger charge is 2.13. The summed E-state index contributed by atoms with van der Waals surface area (Å²) < 4.78 is 0. The van der Waals surface area contributed by atoms with Gasteiger partial charge in [-0.3, -0.25) is 9.59 Å². The van der Waals surface area contributed by atoms with Gasteiger partial charge in [-0.05, 0) is 42.8 Å². The topological polar surface area (TPSA) is 58.2 Å². The molecule has 24 heavy (non-hydrogen) atoms. The molecule has 126 valence electrons. The van der Waals surface area contributed by atoms with Crippen LogP contribution in [0.25, 0.3) is 0 Å². The third kappa shape index (κ3) is 5.13. The third-order valence-corrected chi connectivity index (χ3v) is 4.29. The zero-order chi connectivity index (χ0) is 17.7. The molecule has 0 aliphatic heterocycles. The molecule has 0 saturated heterocycles. The molecule has 0 aliphatic carbocycles. The van der Waals surface area contributed by atoms with E-state index in [-0.39, 0.29) is 24.4 Å². The fraction of sp³-hybridized carbons (Fsp3) is 0.176. The third-order valence-electron chi connectivity index (χ3n) is 3.32. The zero-order valence-corrected chi connectivity index (χ0v) is 15.0. The average molecular weight is 386 g/mol. The predicted molar refractivity (Wildman–Crippen MR) is 96.8 cm³/mol. The number of hydrogen-bond donors (Lipinski definition) is 2. The molecule has 2 amide bonds. The number of amides is 2. The number of benzene rings is 2. The van der Waals surface area contributed by atoms with E-state index in [4.69, 9.17) is 34.8 Å². The van der Waals surface area contributed by atoms with E-state index in [1.54, 1.807) is 36.4 Å². The largest absolute Gasteiger partial charge is 0.348 e. The first-order valence-electron chi connectivity index (χ1n) is 7.15. The van der Waals surface area contributed by atoms with Crippen LogP contribution in [0.4, 0.5) is 0 Å². The van der Waals surface area contributed by atoms with Gasteiger partial charge in [-0.15, -0.1) is 0 Å². The molecule has 2 rings (SSSR count). The highest BCUT2D eigenvalue weighted by Crippen LogP contribution is 2.25. The van der Waals surface area contributed by atoms with Crippen molar-refractivity contribution in [3.8, 4) is 0 Å².